The van der Waals surface area contributed by atoms with Gasteiger partial charge in [-0.3, -0.25) is 9.80 Å². The average molecular weight is 593 g/mol. The third kappa shape index (κ3) is 5.39. The van der Waals surface area contributed by atoms with Gasteiger partial charge in [-0.1, -0.05) is 31.0 Å². The zero-order valence-electron chi connectivity index (χ0n) is 25.3. The predicted molar refractivity (Wildman–Crippen MR) is 165 cm³/mol. The normalized spacial score (nSPS) is 24.2. The number of carbonyl (C=O) groups is 2. The largest absolute Gasteiger partial charge is 0.465 e. The summed E-state index contributed by atoms with van der Waals surface area (Å²) in [5.74, 6) is 8.60. The average Bonchev–Trinajstić information content (AvgIpc) is 3.46. The van der Waals surface area contributed by atoms with Gasteiger partial charge < -0.3 is 19.8 Å². The van der Waals surface area contributed by atoms with Crippen LogP contribution in [-0.4, -0.2) is 65.2 Å². The van der Waals surface area contributed by atoms with E-state index in [1.165, 1.54) is 4.90 Å². The Morgan fingerprint density at radius 2 is 1.70 bits per heavy atom. The lowest BCUT2D eigenvalue weighted by molar-refractivity contribution is 0.0214. The predicted octanol–water partition coefficient (Wildman–Crippen LogP) is 6.48. The van der Waals surface area contributed by atoms with E-state index in [9.17, 15) is 14.7 Å². The number of hydrogen-bond acceptors (Lipinski definition) is 5. The molecule has 2 aromatic carbocycles. The topological polar surface area (TPSA) is 127 Å². The number of H-pyrrole nitrogens is 2. The number of carbonyl (C=O) groups excluding carboxylic acids is 1. The standard InChI is InChI=1S/C34H36N6O4/c1-19-11-28(39(18-19)33(43)44-34(2,3)4)30-36-17-26(38-30)23-9-8-21-12-20(5-7-22(21)13-23)6-10-25-16-35-31(37-25)29-15-24-14-27(24)40(29)32(41)42/h5,7-9,12-13,16-17,19,24,27-29H,11,14-15,18H2,1-4H3,(H,35,37)(H,36,38)(H,41,42)/t19-,24?,27?,28-,29?/m0/s1. The Morgan fingerprint density at radius 1 is 0.955 bits per heavy atom. The van der Waals surface area contributed by atoms with Crippen LogP contribution in [0.4, 0.5) is 9.59 Å². The van der Waals surface area contributed by atoms with Crippen LogP contribution < -0.4 is 0 Å². The molecule has 0 radical (unpaired) electrons. The maximum absolute atomic E-state index is 12.9. The number of aromatic amines is 2. The summed E-state index contributed by atoms with van der Waals surface area (Å²) in [5, 5.41) is 11.8. The summed E-state index contributed by atoms with van der Waals surface area (Å²) in [4.78, 5) is 43.7. The summed E-state index contributed by atoms with van der Waals surface area (Å²) in [5.41, 5.74) is 2.89. The fourth-order valence-electron chi connectivity index (χ4n) is 6.66. The molecule has 5 atom stereocenters. The van der Waals surface area contributed by atoms with Crippen LogP contribution in [-0.2, 0) is 4.74 Å². The molecule has 2 amide bonds. The quantitative estimate of drug-likeness (QED) is 0.234. The molecule has 44 heavy (non-hydrogen) atoms. The zero-order valence-corrected chi connectivity index (χ0v) is 25.3. The Labute approximate surface area is 255 Å². The highest BCUT2D eigenvalue weighted by Crippen LogP contribution is 2.52. The van der Waals surface area contributed by atoms with Crippen molar-refractivity contribution in [3.8, 4) is 23.1 Å². The first-order chi connectivity index (χ1) is 21.0. The van der Waals surface area contributed by atoms with E-state index in [0.29, 0.717) is 29.9 Å². The summed E-state index contributed by atoms with van der Waals surface area (Å²) in [6.07, 6.45) is 4.91. The van der Waals surface area contributed by atoms with Gasteiger partial charge in [0.1, 0.15) is 22.9 Å². The van der Waals surface area contributed by atoms with Crippen LogP contribution in [0.5, 0.6) is 0 Å². The fourth-order valence-corrected chi connectivity index (χ4v) is 6.66. The number of amides is 2. The van der Waals surface area contributed by atoms with Crippen LogP contribution >= 0.6 is 0 Å². The second-order valence-corrected chi connectivity index (χ2v) is 13.4. The number of ether oxygens (including phenoxy) is 1. The van der Waals surface area contributed by atoms with E-state index in [2.05, 4.69) is 69.0 Å². The summed E-state index contributed by atoms with van der Waals surface area (Å²) in [6.45, 7) is 8.42. The van der Waals surface area contributed by atoms with Gasteiger partial charge in [0.2, 0.25) is 0 Å². The highest BCUT2D eigenvalue weighted by Gasteiger charge is 2.55. The second-order valence-electron chi connectivity index (χ2n) is 13.4. The lowest BCUT2D eigenvalue weighted by atomic mass is 10.0. The number of fused-ring (bicyclic) bond motifs is 2. The van der Waals surface area contributed by atoms with Gasteiger partial charge in [-0.05, 0) is 86.8 Å². The van der Waals surface area contributed by atoms with E-state index < -0.39 is 11.7 Å². The maximum Gasteiger partial charge on any atom is 0.410 e. The van der Waals surface area contributed by atoms with Crippen molar-refractivity contribution in [3.63, 3.8) is 0 Å². The molecule has 4 aromatic rings. The number of nitrogens with one attached hydrogen (secondary N) is 2. The Bertz CT molecular complexity index is 1820. The summed E-state index contributed by atoms with van der Waals surface area (Å²) < 4.78 is 5.66. The van der Waals surface area contributed by atoms with E-state index in [1.54, 1.807) is 11.1 Å². The van der Waals surface area contributed by atoms with Crippen molar-refractivity contribution >= 4 is 23.0 Å². The molecule has 3 N–H and O–H groups in total. The van der Waals surface area contributed by atoms with Crippen LogP contribution in [0, 0.1) is 23.7 Å². The maximum atomic E-state index is 12.9. The summed E-state index contributed by atoms with van der Waals surface area (Å²) >= 11 is 0. The van der Waals surface area contributed by atoms with E-state index in [4.69, 9.17) is 4.74 Å². The second kappa shape index (κ2) is 10.4. The van der Waals surface area contributed by atoms with Gasteiger partial charge in [0.15, 0.2) is 0 Å². The molecule has 10 heteroatoms. The molecular weight excluding hydrogens is 556 g/mol. The monoisotopic (exact) mass is 592 g/mol. The summed E-state index contributed by atoms with van der Waals surface area (Å²) in [7, 11) is 0. The highest BCUT2D eigenvalue weighted by atomic mass is 16.6. The van der Waals surface area contributed by atoms with Crippen LogP contribution in [0.1, 0.15) is 81.9 Å². The van der Waals surface area contributed by atoms with Crippen LogP contribution in [0.25, 0.3) is 22.0 Å². The van der Waals surface area contributed by atoms with Crippen molar-refractivity contribution in [3.05, 3.63) is 71.7 Å². The Kier molecular flexibility index (Phi) is 6.65. The molecule has 0 spiro atoms. The molecule has 4 heterocycles. The minimum absolute atomic E-state index is 0.135. The third-order valence-corrected chi connectivity index (χ3v) is 8.78. The number of carboxylic acid groups (broad SMARTS) is 1. The molecular formula is C34H36N6O4. The van der Waals surface area contributed by atoms with Crippen molar-refractivity contribution in [2.24, 2.45) is 11.8 Å². The van der Waals surface area contributed by atoms with Crippen LogP contribution in [0.2, 0.25) is 0 Å². The molecule has 10 nitrogen and oxygen atoms in total. The lowest BCUT2D eigenvalue weighted by Crippen LogP contribution is -2.37. The van der Waals surface area contributed by atoms with Gasteiger partial charge in [-0.25, -0.2) is 19.6 Å². The van der Waals surface area contributed by atoms with Crippen LogP contribution in [0.15, 0.2) is 48.8 Å². The van der Waals surface area contributed by atoms with Crippen molar-refractivity contribution < 1.29 is 19.4 Å². The van der Waals surface area contributed by atoms with E-state index in [1.807, 2.05) is 33.0 Å². The van der Waals surface area contributed by atoms with E-state index >= 15 is 0 Å². The Hall–Kier alpha value is -4.78. The van der Waals surface area contributed by atoms with Crippen molar-refractivity contribution in [1.82, 2.24) is 29.7 Å². The Morgan fingerprint density at radius 3 is 2.50 bits per heavy atom. The first kappa shape index (κ1) is 28.0. The van der Waals surface area contributed by atoms with Gasteiger partial charge >= 0.3 is 12.2 Å². The third-order valence-electron chi connectivity index (χ3n) is 8.78. The number of piperidine rings is 1. The number of likely N-dealkylation sites (tertiary alicyclic amines) is 2. The number of nitrogens with zero attached hydrogens (tertiary/aromatic N) is 4. The molecule has 7 rings (SSSR count). The minimum atomic E-state index is -0.885. The lowest BCUT2D eigenvalue weighted by Gasteiger charge is -2.27. The molecule has 2 saturated heterocycles. The molecule has 3 fully saturated rings. The zero-order chi connectivity index (χ0) is 30.7. The molecule has 226 valence electrons. The van der Waals surface area contributed by atoms with Crippen molar-refractivity contribution in [2.45, 2.75) is 70.7 Å². The molecule has 3 aliphatic rings. The van der Waals surface area contributed by atoms with Gasteiger partial charge in [0.05, 0.1) is 30.2 Å². The Balaban J connectivity index is 1.06. The first-order valence-electron chi connectivity index (χ1n) is 15.2. The molecule has 0 bridgehead atoms. The van der Waals surface area contributed by atoms with E-state index in [0.717, 1.165) is 52.7 Å². The van der Waals surface area contributed by atoms with Gasteiger partial charge in [0.25, 0.3) is 0 Å². The SMILES string of the molecule is C[C@H]1C[C@@H](c2ncc(-c3ccc4cc(C#Cc5cnc(C6CC7CC7N6C(=O)O)[nH]5)ccc4c3)[nH]2)N(C(=O)OC(C)(C)C)C1. The highest BCUT2D eigenvalue weighted by molar-refractivity contribution is 5.88. The summed E-state index contributed by atoms with van der Waals surface area (Å²) in [6, 6.07) is 12.1. The molecule has 3 unspecified atom stereocenters. The van der Waals surface area contributed by atoms with E-state index in [-0.39, 0.29) is 24.2 Å². The number of benzene rings is 2. The minimum Gasteiger partial charge on any atom is -0.465 e. The number of aromatic nitrogens is 4. The van der Waals surface area contributed by atoms with Crippen LogP contribution in [0.3, 0.4) is 0 Å². The van der Waals surface area contributed by atoms with Crippen molar-refractivity contribution in [2.75, 3.05) is 6.54 Å². The molecule has 1 aliphatic carbocycles. The first-order valence-corrected chi connectivity index (χ1v) is 15.2. The van der Waals surface area contributed by atoms with Gasteiger partial charge in [0, 0.05) is 23.7 Å². The smallest absolute Gasteiger partial charge is 0.410 e. The molecule has 2 aromatic heterocycles. The van der Waals surface area contributed by atoms with Crippen molar-refractivity contribution in [1.29, 1.82) is 0 Å². The fraction of sp³-hybridized carbons (Fsp3) is 0.412. The van der Waals surface area contributed by atoms with Gasteiger partial charge in [-0.15, -0.1) is 0 Å². The molecule has 1 saturated carbocycles. The number of hydrogen-bond donors (Lipinski definition) is 3. The number of imidazole rings is 2. The number of rotatable bonds is 3. The van der Waals surface area contributed by atoms with Gasteiger partial charge in [-0.2, -0.15) is 0 Å². The molecule has 2 aliphatic heterocycles.